The van der Waals surface area contributed by atoms with Crippen molar-refractivity contribution in [2.75, 3.05) is 13.7 Å². The zero-order chi connectivity index (χ0) is 14.0. The quantitative estimate of drug-likeness (QED) is 0.809. The Morgan fingerprint density at radius 2 is 2.21 bits per heavy atom. The largest absolute Gasteiger partial charge is 0.495 e. The summed E-state index contributed by atoms with van der Waals surface area (Å²) >= 11 is 6.22. The molecule has 2 heterocycles. The molecule has 19 heavy (non-hydrogen) atoms. The van der Waals surface area contributed by atoms with Crippen LogP contribution < -0.4 is 4.74 Å². The van der Waals surface area contributed by atoms with Gasteiger partial charge in [-0.15, -0.1) is 0 Å². The lowest BCUT2D eigenvalue weighted by molar-refractivity contribution is 0.0526. The lowest BCUT2D eigenvalue weighted by Gasteiger charge is -2.09. The van der Waals surface area contributed by atoms with E-state index in [1.807, 2.05) is 6.92 Å². The number of aromatic nitrogens is 2. The molecule has 0 aliphatic carbocycles. The number of hydrogen-bond acceptors (Lipinski definition) is 5. The van der Waals surface area contributed by atoms with Gasteiger partial charge in [-0.25, -0.2) is 14.8 Å². The molecule has 0 aliphatic rings. The second-order valence-corrected chi connectivity index (χ2v) is 4.23. The summed E-state index contributed by atoms with van der Waals surface area (Å²) in [5.74, 6) is 0.0960. The number of carbonyl (C=O) groups excluding carboxylic acids is 1. The summed E-state index contributed by atoms with van der Waals surface area (Å²) in [4.78, 5) is 20.1. The summed E-state index contributed by atoms with van der Waals surface area (Å²) in [5.41, 5.74) is 1.41. The molecule has 0 saturated heterocycles. The Kier molecular flexibility index (Phi) is 3.85. The lowest BCUT2D eigenvalue weighted by Crippen LogP contribution is -2.07. The zero-order valence-corrected chi connectivity index (χ0v) is 11.6. The summed E-state index contributed by atoms with van der Waals surface area (Å²) in [6, 6.07) is 1.72. The molecule has 0 amide bonds. The third-order valence-corrected chi connectivity index (χ3v) is 3.06. The summed E-state index contributed by atoms with van der Waals surface area (Å²) in [6.45, 7) is 3.82. The molecule has 0 aromatic carbocycles. The SMILES string of the molecule is CCOC(=O)c1cnc2nc(C)c(OC)cc2c1Cl. The van der Waals surface area contributed by atoms with Gasteiger partial charge in [-0.05, 0) is 19.9 Å². The highest BCUT2D eigenvalue weighted by Gasteiger charge is 2.17. The highest BCUT2D eigenvalue weighted by atomic mass is 35.5. The Morgan fingerprint density at radius 1 is 1.47 bits per heavy atom. The summed E-state index contributed by atoms with van der Waals surface area (Å²) < 4.78 is 10.1. The molecular weight excluding hydrogens is 268 g/mol. The number of pyridine rings is 2. The molecule has 5 nitrogen and oxygen atoms in total. The molecule has 2 aromatic heterocycles. The number of esters is 1. The number of ether oxygens (including phenoxy) is 2. The predicted molar refractivity (Wildman–Crippen MR) is 71.8 cm³/mol. The summed E-state index contributed by atoms with van der Waals surface area (Å²) in [5, 5.41) is 0.837. The fourth-order valence-electron chi connectivity index (χ4n) is 1.72. The van der Waals surface area contributed by atoms with Crippen LogP contribution in [0.15, 0.2) is 12.3 Å². The van der Waals surface area contributed by atoms with Crippen molar-refractivity contribution in [2.45, 2.75) is 13.8 Å². The van der Waals surface area contributed by atoms with E-state index in [2.05, 4.69) is 9.97 Å². The van der Waals surface area contributed by atoms with Crippen molar-refractivity contribution in [2.24, 2.45) is 0 Å². The number of hydrogen-bond donors (Lipinski definition) is 0. The second kappa shape index (κ2) is 5.40. The first-order valence-corrected chi connectivity index (χ1v) is 6.13. The van der Waals surface area contributed by atoms with E-state index < -0.39 is 5.97 Å². The Hall–Kier alpha value is -1.88. The fraction of sp³-hybridized carbons (Fsp3) is 0.308. The maximum atomic E-state index is 11.7. The maximum Gasteiger partial charge on any atom is 0.341 e. The third-order valence-electron chi connectivity index (χ3n) is 2.65. The van der Waals surface area contributed by atoms with Crippen LogP contribution in [-0.2, 0) is 4.74 Å². The lowest BCUT2D eigenvalue weighted by atomic mass is 10.2. The number of aryl methyl sites for hydroxylation is 1. The van der Waals surface area contributed by atoms with Crippen molar-refractivity contribution in [3.63, 3.8) is 0 Å². The highest BCUT2D eigenvalue weighted by Crippen LogP contribution is 2.29. The van der Waals surface area contributed by atoms with Gasteiger partial charge in [-0.2, -0.15) is 0 Å². The average molecular weight is 281 g/mol. The van der Waals surface area contributed by atoms with Crippen molar-refractivity contribution >= 4 is 28.6 Å². The molecule has 0 radical (unpaired) electrons. The standard InChI is InChI=1S/C13H13ClN2O3/c1-4-19-13(17)9-6-15-12-8(11(9)14)5-10(18-3)7(2)16-12/h5-6H,4H2,1-3H3. The van der Waals surface area contributed by atoms with Crippen LogP contribution in [0.1, 0.15) is 23.0 Å². The number of nitrogens with zero attached hydrogens (tertiary/aromatic N) is 2. The molecule has 0 unspecified atom stereocenters. The van der Waals surface area contributed by atoms with E-state index >= 15 is 0 Å². The normalized spacial score (nSPS) is 10.5. The van der Waals surface area contributed by atoms with E-state index in [0.717, 1.165) is 0 Å². The predicted octanol–water partition coefficient (Wildman–Crippen LogP) is 2.78. The molecule has 0 spiro atoms. The van der Waals surface area contributed by atoms with E-state index in [1.165, 1.54) is 6.20 Å². The molecule has 100 valence electrons. The van der Waals surface area contributed by atoms with Crippen LogP contribution in [0.5, 0.6) is 5.75 Å². The van der Waals surface area contributed by atoms with Gasteiger partial charge in [0.2, 0.25) is 0 Å². The van der Waals surface area contributed by atoms with Gasteiger partial charge in [0.25, 0.3) is 0 Å². The van der Waals surface area contributed by atoms with Crippen LogP contribution in [-0.4, -0.2) is 29.7 Å². The molecule has 2 rings (SSSR count). The molecule has 0 fully saturated rings. The number of methoxy groups -OCH3 is 1. The van der Waals surface area contributed by atoms with Crippen molar-refractivity contribution < 1.29 is 14.3 Å². The van der Waals surface area contributed by atoms with Gasteiger partial charge >= 0.3 is 5.97 Å². The Bertz CT molecular complexity index is 643. The topological polar surface area (TPSA) is 61.3 Å². The Morgan fingerprint density at radius 3 is 2.84 bits per heavy atom. The van der Waals surface area contributed by atoms with Crippen LogP contribution in [0, 0.1) is 6.92 Å². The Labute approximate surface area is 115 Å². The van der Waals surface area contributed by atoms with E-state index in [-0.39, 0.29) is 17.2 Å². The smallest absolute Gasteiger partial charge is 0.341 e. The zero-order valence-electron chi connectivity index (χ0n) is 10.9. The molecule has 0 saturated carbocycles. The van der Waals surface area contributed by atoms with Crippen LogP contribution in [0.2, 0.25) is 5.02 Å². The Balaban J connectivity index is 2.63. The first-order valence-electron chi connectivity index (χ1n) is 5.75. The van der Waals surface area contributed by atoms with E-state index in [1.54, 1.807) is 20.1 Å². The molecule has 2 aromatic rings. The van der Waals surface area contributed by atoms with E-state index in [9.17, 15) is 4.79 Å². The number of rotatable bonds is 3. The number of carbonyl (C=O) groups is 1. The second-order valence-electron chi connectivity index (χ2n) is 3.85. The summed E-state index contributed by atoms with van der Waals surface area (Å²) in [6.07, 6.45) is 1.38. The maximum absolute atomic E-state index is 11.7. The van der Waals surface area contributed by atoms with Gasteiger partial charge in [0, 0.05) is 11.6 Å². The first-order chi connectivity index (χ1) is 9.08. The van der Waals surface area contributed by atoms with Crippen LogP contribution in [0.3, 0.4) is 0 Å². The molecular formula is C13H13ClN2O3. The average Bonchev–Trinajstić information content (AvgIpc) is 2.38. The monoisotopic (exact) mass is 280 g/mol. The van der Waals surface area contributed by atoms with Gasteiger partial charge in [0.1, 0.15) is 5.75 Å². The fourth-order valence-corrected chi connectivity index (χ4v) is 1.98. The van der Waals surface area contributed by atoms with Crippen LogP contribution in [0.4, 0.5) is 0 Å². The molecule has 0 N–H and O–H groups in total. The first kappa shape index (κ1) is 13.5. The van der Waals surface area contributed by atoms with Gasteiger partial charge in [-0.3, -0.25) is 0 Å². The van der Waals surface area contributed by atoms with Crippen LogP contribution in [0.25, 0.3) is 11.0 Å². The minimum Gasteiger partial charge on any atom is -0.495 e. The van der Waals surface area contributed by atoms with Crippen molar-refractivity contribution in [1.82, 2.24) is 9.97 Å². The van der Waals surface area contributed by atoms with Crippen molar-refractivity contribution in [1.29, 1.82) is 0 Å². The van der Waals surface area contributed by atoms with E-state index in [0.29, 0.717) is 22.5 Å². The summed E-state index contributed by atoms with van der Waals surface area (Å²) in [7, 11) is 1.55. The van der Waals surface area contributed by atoms with Crippen LogP contribution >= 0.6 is 11.6 Å². The van der Waals surface area contributed by atoms with E-state index in [4.69, 9.17) is 21.1 Å². The van der Waals surface area contributed by atoms with Gasteiger partial charge < -0.3 is 9.47 Å². The minimum absolute atomic E-state index is 0.226. The molecule has 6 heteroatoms. The molecule has 0 bridgehead atoms. The van der Waals surface area contributed by atoms with Gasteiger partial charge in [-0.1, -0.05) is 11.6 Å². The molecule has 0 atom stereocenters. The minimum atomic E-state index is -0.499. The number of fused-ring (bicyclic) bond motifs is 1. The van der Waals surface area contributed by atoms with Crippen molar-refractivity contribution in [3.8, 4) is 5.75 Å². The van der Waals surface area contributed by atoms with Crippen molar-refractivity contribution in [3.05, 3.63) is 28.5 Å². The van der Waals surface area contributed by atoms with Gasteiger partial charge in [0.05, 0.1) is 30.0 Å². The molecule has 0 aliphatic heterocycles. The number of halogens is 1. The third kappa shape index (κ3) is 2.46. The highest BCUT2D eigenvalue weighted by molar-refractivity contribution is 6.38. The van der Waals surface area contributed by atoms with Gasteiger partial charge in [0.15, 0.2) is 5.65 Å².